The Morgan fingerprint density at radius 3 is 2.80 bits per heavy atom. The van der Waals surface area contributed by atoms with Crippen LogP contribution in [0.15, 0.2) is 53.1 Å². The third kappa shape index (κ3) is 3.94. The Hall–Kier alpha value is -3.55. The second kappa shape index (κ2) is 8.06. The third-order valence-electron chi connectivity index (χ3n) is 4.98. The minimum atomic E-state index is -0.782. The number of rotatable bonds is 5. The van der Waals surface area contributed by atoms with E-state index in [0.717, 1.165) is 23.4 Å². The molecule has 2 aromatic carbocycles. The van der Waals surface area contributed by atoms with Crippen molar-refractivity contribution in [1.82, 2.24) is 5.16 Å². The van der Waals surface area contributed by atoms with E-state index in [4.69, 9.17) is 9.26 Å². The molecule has 1 saturated heterocycles. The fourth-order valence-corrected chi connectivity index (χ4v) is 3.42. The molecule has 1 unspecified atom stereocenters. The lowest BCUT2D eigenvalue weighted by atomic mass is 10.1. The van der Waals surface area contributed by atoms with Crippen molar-refractivity contribution >= 4 is 17.6 Å². The number of carbonyl (C=O) groups is 2. The lowest BCUT2D eigenvalue weighted by Crippen LogP contribution is -2.27. The highest BCUT2D eigenvalue weighted by atomic mass is 19.1. The van der Waals surface area contributed by atoms with E-state index in [9.17, 15) is 18.4 Å². The number of halogens is 2. The van der Waals surface area contributed by atoms with E-state index < -0.39 is 23.5 Å². The topological polar surface area (TPSA) is 72.6 Å². The number of aryl methyl sites for hydroxylation is 1. The molecule has 0 N–H and O–H groups in total. The van der Waals surface area contributed by atoms with Gasteiger partial charge in [0, 0.05) is 30.8 Å². The van der Waals surface area contributed by atoms with Gasteiger partial charge < -0.3 is 14.2 Å². The molecule has 1 aliphatic rings. The minimum absolute atomic E-state index is 0.0525. The highest BCUT2D eigenvalue weighted by Crippen LogP contribution is 2.29. The van der Waals surface area contributed by atoms with Crippen LogP contribution < -0.4 is 4.90 Å². The first-order valence-corrected chi connectivity index (χ1v) is 9.36. The van der Waals surface area contributed by atoms with Gasteiger partial charge in [-0.15, -0.1) is 0 Å². The van der Waals surface area contributed by atoms with Gasteiger partial charge in [-0.3, -0.25) is 9.59 Å². The van der Waals surface area contributed by atoms with Crippen molar-refractivity contribution in [3.8, 4) is 11.3 Å². The number of aromatic nitrogens is 1. The van der Waals surface area contributed by atoms with Crippen molar-refractivity contribution in [3.05, 3.63) is 71.4 Å². The molecule has 3 aromatic rings. The standard InChI is InChI=1S/C22H18F2N2O4/c1-13-4-2-3-5-19(13)26-11-14(8-21(26)27)22(28)29-12-16-10-20(30-25-16)17-7-6-15(23)9-18(17)24/h2-7,9-10,14H,8,11-12H2,1H3. The Labute approximate surface area is 171 Å². The highest BCUT2D eigenvalue weighted by molar-refractivity contribution is 6.00. The minimum Gasteiger partial charge on any atom is -0.459 e. The first-order valence-electron chi connectivity index (χ1n) is 9.36. The molecule has 0 spiro atoms. The SMILES string of the molecule is Cc1ccccc1N1CC(C(=O)OCc2cc(-c3ccc(F)cc3F)on2)CC1=O. The molecule has 1 aliphatic heterocycles. The van der Waals surface area contributed by atoms with Crippen LogP contribution in [0.5, 0.6) is 0 Å². The van der Waals surface area contributed by atoms with Gasteiger partial charge in [0.1, 0.15) is 23.9 Å². The lowest BCUT2D eigenvalue weighted by molar-refractivity contribution is -0.149. The molecule has 1 amide bonds. The maximum atomic E-state index is 13.9. The summed E-state index contributed by atoms with van der Waals surface area (Å²) >= 11 is 0. The van der Waals surface area contributed by atoms with Crippen LogP contribution in [0.1, 0.15) is 17.7 Å². The number of anilines is 1. The fourth-order valence-electron chi connectivity index (χ4n) is 3.42. The summed E-state index contributed by atoms with van der Waals surface area (Å²) in [5.74, 6) is -2.62. The molecule has 0 bridgehead atoms. The van der Waals surface area contributed by atoms with Gasteiger partial charge in [0.15, 0.2) is 5.76 Å². The van der Waals surface area contributed by atoms with Crippen molar-refractivity contribution in [2.45, 2.75) is 20.0 Å². The molecular formula is C22H18F2N2O4. The molecule has 6 nitrogen and oxygen atoms in total. The maximum Gasteiger partial charge on any atom is 0.311 e. The van der Waals surface area contributed by atoms with E-state index in [0.29, 0.717) is 0 Å². The third-order valence-corrected chi connectivity index (χ3v) is 4.98. The van der Waals surface area contributed by atoms with Crippen LogP contribution in [-0.2, 0) is 20.9 Å². The van der Waals surface area contributed by atoms with Crippen LogP contribution >= 0.6 is 0 Å². The number of nitrogens with zero attached hydrogens (tertiary/aromatic N) is 2. The number of para-hydroxylation sites is 1. The zero-order valence-electron chi connectivity index (χ0n) is 16.1. The van der Waals surface area contributed by atoms with E-state index in [1.165, 1.54) is 12.1 Å². The monoisotopic (exact) mass is 412 g/mol. The second-order valence-electron chi connectivity index (χ2n) is 7.11. The van der Waals surface area contributed by atoms with Gasteiger partial charge in [0.2, 0.25) is 5.91 Å². The van der Waals surface area contributed by atoms with Crippen molar-refractivity contribution in [2.24, 2.45) is 5.92 Å². The summed E-state index contributed by atoms with van der Waals surface area (Å²) in [6.45, 7) is 1.97. The molecular weight excluding hydrogens is 394 g/mol. The molecule has 0 aliphatic carbocycles. The summed E-state index contributed by atoms with van der Waals surface area (Å²) in [6.07, 6.45) is 0.0675. The van der Waals surface area contributed by atoms with Crippen LogP contribution in [0.25, 0.3) is 11.3 Å². The molecule has 2 heterocycles. The normalized spacial score (nSPS) is 16.2. The molecule has 1 fully saturated rings. The quantitative estimate of drug-likeness (QED) is 0.592. The van der Waals surface area contributed by atoms with E-state index in [-0.39, 0.29) is 42.5 Å². The maximum absolute atomic E-state index is 13.9. The average molecular weight is 412 g/mol. The fraction of sp³-hybridized carbons (Fsp3) is 0.227. The average Bonchev–Trinajstić information content (AvgIpc) is 3.33. The summed E-state index contributed by atoms with van der Waals surface area (Å²) in [5, 5.41) is 3.75. The van der Waals surface area contributed by atoms with Crippen LogP contribution in [0.4, 0.5) is 14.5 Å². The zero-order valence-corrected chi connectivity index (χ0v) is 16.1. The van der Waals surface area contributed by atoms with Crippen molar-refractivity contribution in [3.63, 3.8) is 0 Å². The number of carbonyl (C=O) groups excluding carboxylic acids is 2. The molecule has 8 heteroatoms. The molecule has 4 rings (SSSR count). The number of amides is 1. The Balaban J connectivity index is 1.38. The molecule has 1 aromatic heterocycles. The summed E-state index contributed by atoms with van der Waals surface area (Å²) in [7, 11) is 0. The number of esters is 1. The van der Waals surface area contributed by atoms with Crippen LogP contribution in [-0.4, -0.2) is 23.6 Å². The Kier molecular flexibility index (Phi) is 5.31. The van der Waals surface area contributed by atoms with Crippen LogP contribution in [0, 0.1) is 24.5 Å². The highest BCUT2D eigenvalue weighted by Gasteiger charge is 2.36. The van der Waals surface area contributed by atoms with Gasteiger partial charge in [0.05, 0.1) is 11.5 Å². The molecule has 1 atom stereocenters. The van der Waals surface area contributed by atoms with Gasteiger partial charge in [-0.1, -0.05) is 23.4 Å². The van der Waals surface area contributed by atoms with Crippen molar-refractivity contribution in [2.75, 3.05) is 11.4 Å². The first-order chi connectivity index (χ1) is 14.4. The van der Waals surface area contributed by atoms with E-state index in [2.05, 4.69) is 5.16 Å². The molecule has 30 heavy (non-hydrogen) atoms. The van der Waals surface area contributed by atoms with Gasteiger partial charge >= 0.3 is 5.97 Å². The number of ether oxygens (including phenoxy) is 1. The zero-order chi connectivity index (χ0) is 21.3. The van der Waals surface area contributed by atoms with Crippen molar-refractivity contribution in [1.29, 1.82) is 0 Å². The molecule has 154 valence electrons. The summed E-state index contributed by atoms with van der Waals surface area (Å²) in [5.41, 5.74) is 2.06. The second-order valence-corrected chi connectivity index (χ2v) is 7.11. The van der Waals surface area contributed by atoms with Crippen molar-refractivity contribution < 1.29 is 27.6 Å². The smallest absolute Gasteiger partial charge is 0.311 e. The predicted octanol–water partition coefficient (Wildman–Crippen LogP) is 4.02. The number of benzene rings is 2. The number of hydrogen-bond acceptors (Lipinski definition) is 5. The van der Waals surface area contributed by atoms with Gasteiger partial charge in [-0.25, -0.2) is 8.78 Å². The van der Waals surface area contributed by atoms with E-state index in [1.54, 1.807) is 4.90 Å². The Morgan fingerprint density at radius 1 is 1.23 bits per heavy atom. The summed E-state index contributed by atoms with van der Waals surface area (Å²) in [4.78, 5) is 26.4. The van der Waals surface area contributed by atoms with Gasteiger partial charge in [-0.05, 0) is 30.7 Å². The lowest BCUT2D eigenvalue weighted by Gasteiger charge is -2.18. The summed E-state index contributed by atoms with van der Waals surface area (Å²) in [6, 6.07) is 12.0. The molecule has 0 radical (unpaired) electrons. The van der Waals surface area contributed by atoms with Gasteiger partial charge in [-0.2, -0.15) is 0 Å². The van der Waals surface area contributed by atoms with Crippen LogP contribution in [0.3, 0.4) is 0 Å². The predicted molar refractivity (Wildman–Crippen MR) is 103 cm³/mol. The van der Waals surface area contributed by atoms with E-state index >= 15 is 0 Å². The Morgan fingerprint density at radius 2 is 2.03 bits per heavy atom. The summed E-state index contributed by atoms with van der Waals surface area (Å²) < 4.78 is 37.2. The van der Waals surface area contributed by atoms with E-state index in [1.807, 2.05) is 31.2 Å². The van der Waals surface area contributed by atoms with Crippen LogP contribution in [0.2, 0.25) is 0 Å². The molecule has 0 saturated carbocycles. The first kappa shape index (κ1) is 19.8. The number of hydrogen-bond donors (Lipinski definition) is 0. The largest absolute Gasteiger partial charge is 0.459 e. The van der Waals surface area contributed by atoms with Gasteiger partial charge in [0.25, 0.3) is 0 Å². The Bertz CT molecular complexity index is 1110.